The number of benzene rings is 4. The number of nitrogens with zero attached hydrogens (tertiary/aromatic N) is 2. The Kier molecular flexibility index (Phi) is 7.21. The molecule has 2 aliphatic heterocycles. The first-order valence-corrected chi connectivity index (χ1v) is 14.7. The fourth-order valence-corrected chi connectivity index (χ4v) is 5.95. The maximum Gasteiger partial charge on any atom is 0.337 e. The lowest BCUT2D eigenvalue weighted by Gasteiger charge is -2.27. The van der Waals surface area contributed by atoms with Crippen LogP contribution in [0, 0.1) is 17.5 Å². The smallest absolute Gasteiger partial charge is 0.337 e. The summed E-state index contributed by atoms with van der Waals surface area (Å²) >= 11 is 5.92. The van der Waals surface area contributed by atoms with E-state index in [4.69, 9.17) is 35.5 Å². The lowest BCUT2D eigenvalue weighted by Crippen LogP contribution is -2.32. The molecule has 0 radical (unpaired) electrons. The molecule has 0 aliphatic carbocycles. The molecule has 1 unspecified atom stereocenters. The standard InChI is InChI=1S/C34H26ClF3N2O5/c1-34(24-8-7-20(35)15-27(24)38)44-30-5-3-4-22(32(30)45-34)23-16-25(36)19(12-26(23)37)14-31-39-28-9-6-18(33(41)42-2)13-29(28)40(31)17-21-10-11-43-21/h3-9,12-13,15-16,21H,10-11,14,17H2,1-2H3/t21-,34?/m0/s1. The molecule has 4 aromatic carbocycles. The van der Waals surface area contributed by atoms with Crippen molar-refractivity contribution in [1.82, 2.24) is 9.55 Å². The zero-order valence-corrected chi connectivity index (χ0v) is 25.0. The molecule has 5 aromatic rings. The van der Waals surface area contributed by atoms with E-state index >= 15 is 8.78 Å². The van der Waals surface area contributed by atoms with E-state index in [1.807, 2.05) is 4.57 Å². The highest BCUT2D eigenvalue weighted by Gasteiger charge is 2.42. The second-order valence-corrected chi connectivity index (χ2v) is 11.6. The van der Waals surface area contributed by atoms with Gasteiger partial charge in [0.05, 0.1) is 41.9 Å². The van der Waals surface area contributed by atoms with E-state index in [0.29, 0.717) is 35.6 Å². The summed E-state index contributed by atoms with van der Waals surface area (Å²) in [6.45, 7) is 2.63. The van der Waals surface area contributed by atoms with Gasteiger partial charge in [-0.3, -0.25) is 0 Å². The zero-order valence-electron chi connectivity index (χ0n) is 24.2. The summed E-state index contributed by atoms with van der Waals surface area (Å²) in [6, 6.07) is 16.2. The molecule has 1 aromatic heterocycles. The molecule has 0 amide bonds. The summed E-state index contributed by atoms with van der Waals surface area (Å²) in [5, 5.41) is 0.214. The number of ether oxygens (including phenoxy) is 4. The van der Waals surface area contributed by atoms with Crippen LogP contribution < -0.4 is 9.47 Å². The first-order chi connectivity index (χ1) is 21.6. The summed E-state index contributed by atoms with van der Waals surface area (Å²) in [5.74, 6) is -3.11. The first kappa shape index (κ1) is 29.2. The van der Waals surface area contributed by atoms with Gasteiger partial charge in [0.25, 0.3) is 5.79 Å². The highest BCUT2D eigenvalue weighted by Crippen LogP contribution is 2.50. The molecule has 0 spiro atoms. The molecule has 1 fully saturated rings. The van der Waals surface area contributed by atoms with E-state index in [-0.39, 0.29) is 51.3 Å². The number of aromatic nitrogens is 2. The summed E-state index contributed by atoms with van der Waals surface area (Å²) in [5.41, 5.74) is 2.02. The largest absolute Gasteiger partial charge is 0.465 e. The van der Waals surface area contributed by atoms with E-state index in [1.54, 1.807) is 36.4 Å². The molecule has 0 bridgehead atoms. The van der Waals surface area contributed by atoms with Gasteiger partial charge in [0, 0.05) is 36.1 Å². The van der Waals surface area contributed by atoms with Crippen LogP contribution in [0.1, 0.15) is 40.7 Å². The van der Waals surface area contributed by atoms with Crippen LogP contribution in [0.3, 0.4) is 0 Å². The number of carbonyl (C=O) groups excluding carboxylic acids is 1. The number of carbonyl (C=O) groups is 1. The third-order valence-electron chi connectivity index (χ3n) is 8.20. The molecule has 0 N–H and O–H groups in total. The predicted molar refractivity (Wildman–Crippen MR) is 160 cm³/mol. The minimum Gasteiger partial charge on any atom is -0.465 e. The van der Waals surface area contributed by atoms with Crippen molar-refractivity contribution in [2.75, 3.05) is 13.7 Å². The minimum absolute atomic E-state index is 0.0155. The quantitative estimate of drug-likeness (QED) is 0.172. The number of hydrogen-bond acceptors (Lipinski definition) is 6. The number of hydrogen-bond donors (Lipinski definition) is 0. The maximum absolute atomic E-state index is 15.8. The molecular formula is C34H26ClF3N2O5. The summed E-state index contributed by atoms with van der Waals surface area (Å²) < 4.78 is 70.9. The summed E-state index contributed by atoms with van der Waals surface area (Å²) in [6.07, 6.45) is 0.782. The van der Waals surface area contributed by atoms with E-state index in [1.165, 1.54) is 26.2 Å². The van der Waals surface area contributed by atoms with Crippen molar-refractivity contribution in [2.45, 2.75) is 38.2 Å². The normalized spacial score (nSPS) is 18.7. The van der Waals surface area contributed by atoms with Gasteiger partial charge in [-0.05, 0) is 66.6 Å². The topological polar surface area (TPSA) is 71.8 Å². The number of methoxy groups -OCH3 is 1. The number of imidazole rings is 1. The van der Waals surface area contributed by atoms with Crippen molar-refractivity contribution in [1.29, 1.82) is 0 Å². The van der Waals surface area contributed by atoms with Crippen molar-refractivity contribution >= 4 is 28.6 Å². The van der Waals surface area contributed by atoms with Gasteiger partial charge in [-0.15, -0.1) is 0 Å². The second kappa shape index (κ2) is 11.1. The number of esters is 1. The maximum atomic E-state index is 15.8. The van der Waals surface area contributed by atoms with Gasteiger partial charge in [0.2, 0.25) is 0 Å². The van der Waals surface area contributed by atoms with E-state index in [0.717, 1.165) is 24.6 Å². The van der Waals surface area contributed by atoms with Gasteiger partial charge < -0.3 is 23.5 Å². The molecule has 11 heteroatoms. The van der Waals surface area contributed by atoms with Crippen LogP contribution in [0.4, 0.5) is 13.2 Å². The number of fused-ring (bicyclic) bond motifs is 2. The van der Waals surface area contributed by atoms with Crippen molar-refractivity contribution in [3.8, 4) is 22.6 Å². The van der Waals surface area contributed by atoms with Gasteiger partial charge >= 0.3 is 5.97 Å². The Hall–Kier alpha value is -4.54. The molecule has 1 saturated heterocycles. The van der Waals surface area contributed by atoms with Crippen LogP contribution in [0.5, 0.6) is 11.5 Å². The Morgan fingerprint density at radius 2 is 1.84 bits per heavy atom. The number of para-hydroxylation sites is 1. The van der Waals surface area contributed by atoms with Crippen LogP contribution in [0.15, 0.2) is 66.7 Å². The van der Waals surface area contributed by atoms with Crippen molar-refractivity contribution in [3.05, 3.63) is 112 Å². The molecule has 230 valence electrons. The molecule has 7 rings (SSSR count). The Balaban J connectivity index is 1.23. The second-order valence-electron chi connectivity index (χ2n) is 11.1. The third-order valence-corrected chi connectivity index (χ3v) is 8.44. The lowest BCUT2D eigenvalue weighted by molar-refractivity contribution is -0.0705. The molecule has 2 atom stereocenters. The van der Waals surface area contributed by atoms with Gasteiger partial charge in [0.15, 0.2) is 11.5 Å². The number of rotatable bonds is 7. The Bertz CT molecular complexity index is 1990. The van der Waals surface area contributed by atoms with Gasteiger partial charge in [-0.2, -0.15) is 0 Å². The van der Waals surface area contributed by atoms with Gasteiger partial charge in [0.1, 0.15) is 23.3 Å². The van der Waals surface area contributed by atoms with E-state index in [2.05, 4.69) is 0 Å². The molecular weight excluding hydrogens is 609 g/mol. The summed E-state index contributed by atoms with van der Waals surface area (Å²) in [7, 11) is 1.30. The van der Waals surface area contributed by atoms with E-state index < -0.39 is 29.2 Å². The average molecular weight is 635 g/mol. The lowest BCUT2D eigenvalue weighted by atomic mass is 10.00. The zero-order chi connectivity index (χ0) is 31.5. The van der Waals surface area contributed by atoms with E-state index in [9.17, 15) is 9.18 Å². The highest BCUT2D eigenvalue weighted by molar-refractivity contribution is 6.30. The van der Waals surface area contributed by atoms with Crippen LogP contribution >= 0.6 is 11.6 Å². The minimum atomic E-state index is -1.56. The van der Waals surface area contributed by atoms with Gasteiger partial charge in [-0.1, -0.05) is 23.7 Å². The summed E-state index contributed by atoms with van der Waals surface area (Å²) in [4.78, 5) is 16.9. The Labute approximate surface area is 261 Å². The monoisotopic (exact) mass is 634 g/mol. The number of halogens is 4. The average Bonchev–Trinajstić information content (AvgIpc) is 3.52. The molecule has 45 heavy (non-hydrogen) atoms. The van der Waals surface area contributed by atoms with Crippen LogP contribution in [-0.2, 0) is 28.2 Å². The predicted octanol–water partition coefficient (Wildman–Crippen LogP) is 7.58. The molecule has 3 heterocycles. The fraction of sp³-hybridized carbons (Fsp3) is 0.235. The van der Waals surface area contributed by atoms with Gasteiger partial charge in [-0.25, -0.2) is 22.9 Å². The molecule has 2 aliphatic rings. The fourth-order valence-electron chi connectivity index (χ4n) is 5.80. The third kappa shape index (κ3) is 5.17. The van der Waals surface area contributed by atoms with Crippen LogP contribution in [0.2, 0.25) is 5.02 Å². The molecule has 0 saturated carbocycles. The highest BCUT2D eigenvalue weighted by atomic mass is 35.5. The SMILES string of the molecule is COC(=O)c1ccc2nc(Cc3cc(F)c(-c4cccc5c4OC(C)(c4ccc(Cl)cc4F)O5)cc3F)n(C[C@@H]3CCO3)c2c1. The van der Waals surface area contributed by atoms with Crippen molar-refractivity contribution in [2.24, 2.45) is 0 Å². The van der Waals surface area contributed by atoms with Crippen molar-refractivity contribution in [3.63, 3.8) is 0 Å². The first-order valence-electron chi connectivity index (χ1n) is 14.3. The molecule has 7 nitrogen and oxygen atoms in total. The Morgan fingerprint density at radius 1 is 1.02 bits per heavy atom. The van der Waals surface area contributed by atoms with Crippen molar-refractivity contribution < 1.29 is 36.9 Å². The Morgan fingerprint density at radius 3 is 2.58 bits per heavy atom. The van der Waals surface area contributed by atoms with Crippen LogP contribution in [-0.4, -0.2) is 35.3 Å². The van der Waals surface area contributed by atoms with Crippen LogP contribution in [0.25, 0.3) is 22.2 Å².